The Labute approximate surface area is 161 Å². The summed E-state index contributed by atoms with van der Waals surface area (Å²) < 4.78 is 13.6. The highest BCUT2D eigenvalue weighted by Gasteiger charge is 2.17. The van der Waals surface area contributed by atoms with E-state index in [0.29, 0.717) is 20.9 Å². The molecule has 0 aliphatic heterocycles. The number of carbonyl (C=O) groups excluding carboxylic acids is 1. The van der Waals surface area contributed by atoms with Gasteiger partial charge in [0, 0.05) is 11.9 Å². The zero-order valence-corrected chi connectivity index (χ0v) is 15.9. The number of nitrogens with zero attached hydrogens (tertiary/aromatic N) is 2. The van der Waals surface area contributed by atoms with E-state index in [1.807, 2.05) is 11.4 Å². The van der Waals surface area contributed by atoms with Gasteiger partial charge in [-0.1, -0.05) is 12.1 Å². The molecule has 136 valence electrons. The molecule has 0 bridgehead atoms. The standard InChI is InChI=1S/C19H14FN3O2S2/c1-23(10-16-21-13-8-9-26-17(13)18(24)22-16)19(25)15-7-6-14(27-15)11-2-4-12(20)5-3-11/h2-9H,10H2,1H3,(H,21,22,24). The zero-order chi connectivity index (χ0) is 19.0. The number of fused-ring (bicyclic) bond motifs is 1. The molecule has 3 aromatic heterocycles. The Balaban J connectivity index is 1.53. The Morgan fingerprint density at radius 3 is 2.74 bits per heavy atom. The lowest BCUT2D eigenvalue weighted by atomic mass is 10.2. The van der Waals surface area contributed by atoms with Crippen LogP contribution in [0.3, 0.4) is 0 Å². The monoisotopic (exact) mass is 399 g/mol. The van der Waals surface area contributed by atoms with Gasteiger partial charge in [0.2, 0.25) is 0 Å². The minimum Gasteiger partial charge on any atom is -0.334 e. The number of aromatic nitrogens is 2. The fourth-order valence-electron chi connectivity index (χ4n) is 2.70. The molecule has 0 saturated heterocycles. The Bertz CT molecular complexity index is 1180. The van der Waals surface area contributed by atoms with Crippen LogP contribution in [0.2, 0.25) is 0 Å². The van der Waals surface area contributed by atoms with E-state index in [-0.39, 0.29) is 23.8 Å². The van der Waals surface area contributed by atoms with Crippen molar-refractivity contribution in [2.24, 2.45) is 0 Å². The van der Waals surface area contributed by atoms with Crippen LogP contribution in [0.5, 0.6) is 0 Å². The van der Waals surface area contributed by atoms with Gasteiger partial charge in [-0.25, -0.2) is 9.37 Å². The predicted molar refractivity (Wildman–Crippen MR) is 106 cm³/mol. The van der Waals surface area contributed by atoms with Crippen molar-refractivity contribution in [3.63, 3.8) is 0 Å². The minimum absolute atomic E-state index is 0.165. The van der Waals surface area contributed by atoms with Crippen molar-refractivity contribution in [3.05, 3.63) is 74.7 Å². The minimum atomic E-state index is -0.296. The maximum Gasteiger partial charge on any atom is 0.268 e. The highest BCUT2D eigenvalue weighted by Crippen LogP contribution is 2.29. The molecule has 0 fully saturated rings. The number of halogens is 1. The average Bonchev–Trinajstić information content (AvgIpc) is 3.31. The molecule has 27 heavy (non-hydrogen) atoms. The fourth-order valence-corrected chi connectivity index (χ4v) is 4.43. The topological polar surface area (TPSA) is 66.1 Å². The van der Waals surface area contributed by atoms with Gasteiger partial charge in [-0.3, -0.25) is 9.59 Å². The Kier molecular flexibility index (Phi) is 4.59. The van der Waals surface area contributed by atoms with Crippen LogP contribution in [0.15, 0.2) is 52.6 Å². The van der Waals surface area contributed by atoms with E-state index >= 15 is 0 Å². The molecule has 0 aliphatic carbocycles. The first-order valence-electron chi connectivity index (χ1n) is 8.09. The van der Waals surface area contributed by atoms with Crippen molar-refractivity contribution >= 4 is 38.8 Å². The van der Waals surface area contributed by atoms with Gasteiger partial charge in [0.05, 0.1) is 16.9 Å². The Morgan fingerprint density at radius 2 is 1.96 bits per heavy atom. The largest absolute Gasteiger partial charge is 0.334 e. The third-order valence-electron chi connectivity index (χ3n) is 4.04. The number of rotatable bonds is 4. The van der Waals surface area contributed by atoms with Crippen LogP contribution in [0.25, 0.3) is 20.7 Å². The average molecular weight is 399 g/mol. The molecule has 1 amide bonds. The van der Waals surface area contributed by atoms with Crippen molar-refractivity contribution in [1.29, 1.82) is 0 Å². The summed E-state index contributed by atoms with van der Waals surface area (Å²) in [6.45, 7) is 0.198. The van der Waals surface area contributed by atoms with Crippen LogP contribution < -0.4 is 5.56 Å². The summed E-state index contributed by atoms with van der Waals surface area (Å²) in [4.78, 5) is 34.9. The molecule has 3 heterocycles. The summed E-state index contributed by atoms with van der Waals surface area (Å²) >= 11 is 2.68. The normalized spacial score (nSPS) is 11.0. The summed E-state index contributed by atoms with van der Waals surface area (Å²) in [6, 6.07) is 11.5. The van der Waals surface area contributed by atoms with Gasteiger partial charge in [0.1, 0.15) is 16.3 Å². The van der Waals surface area contributed by atoms with Crippen molar-refractivity contribution in [2.75, 3.05) is 7.05 Å². The molecule has 0 radical (unpaired) electrons. The van der Waals surface area contributed by atoms with Crippen LogP contribution in [0.1, 0.15) is 15.5 Å². The summed E-state index contributed by atoms with van der Waals surface area (Å²) in [5.41, 5.74) is 1.30. The van der Waals surface area contributed by atoms with E-state index in [4.69, 9.17) is 0 Å². The van der Waals surface area contributed by atoms with E-state index in [1.54, 1.807) is 31.3 Å². The number of H-pyrrole nitrogens is 1. The second kappa shape index (κ2) is 7.05. The molecule has 4 rings (SSSR count). The number of hydrogen-bond acceptors (Lipinski definition) is 5. The van der Waals surface area contributed by atoms with Gasteiger partial charge in [-0.15, -0.1) is 22.7 Å². The van der Waals surface area contributed by atoms with Gasteiger partial charge >= 0.3 is 0 Å². The number of hydrogen-bond donors (Lipinski definition) is 1. The third-order valence-corrected chi connectivity index (χ3v) is 6.07. The number of thiophene rings is 2. The molecule has 5 nitrogen and oxygen atoms in total. The molecule has 8 heteroatoms. The number of amides is 1. The highest BCUT2D eigenvalue weighted by atomic mass is 32.1. The van der Waals surface area contributed by atoms with Crippen LogP contribution >= 0.6 is 22.7 Å². The summed E-state index contributed by atoms with van der Waals surface area (Å²) in [7, 11) is 1.66. The molecule has 0 aliphatic rings. The highest BCUT2D eigenvalue weighted by molar-refractivity contribution is 7.17. The van der Waals surface area contributed by atoms with Gasteiger partial charge in [-0.2, -0.15) is 0 Å². The number of carbonyl (C=O) groups is 1. The first-order chi connectivity index (χ1) is 13.0. The van der Waals surface area contributed by atoms with E-state index in [1.165, 1.54) is 39.7 Å². The Morgan fingerprint density at radius 1 is 1.19 bits per heavy atom. The van der Waals surface area contributed by atoms with Gasteiger partial charge in [-0.05, 0) is 41.3 Å². The zero-order valence-electron chi connectivity index (χ0n) is 14.2. The molecule has 4 aromatic rings. The van der Waals surface area contributed by atoms with Gasteiger partial charge in [0.25, 0.3) is 11.5 Å². The molecular formula is C19H14FN3O2S2. The van der Waals surface area contributed by atoms with Crippen molar-refractivity contribution in [2.45, 2.75) is 6.54 Å². The fraction of sp³-hybridized carbons (Fsp3) is 0.105. The molecular weight excluding hydrogens is 385 g/mol. The molecule has 0 unspecified atom stereocenters. The lowest BCUT2D eigenvalue weighted by Gasteiger charge is -2.15. The summed E-state index contributed by atoms with van der Waals surface area (Å²) in [6.07, 6.45) is 0. The Hall–Kier alpha value is -2.84. The number of aromatic amines is 1. The van der Waals surface area contributed by atoms with Crippen molar-refractivity contribution in [1.82, 2.24) is 14.9 Å². The number of benzene rings is 1. The number of nitrogens with one attached hydrogen (secondary N) is 1. The quantitative estimate of drug-likeness (QED) is 0.561. The first kappa shape index (κ1) is 17.6. The second-order valence-electron chi connectivity index (χ2n) is 5.98. The third kappa shape index (κ3) is 3.54. The first-order valence-corrected chi connectivity index (χ1v) is 9.78. The SMILES string of the molecule is CN(Cc1nc2ccsc2c(=O)[nH]1)C(=O)c1ccc(-c2ccc(F)cc2)s1. The van der Waals surface area contributed by atoms with E-state index < -0.39 is 0 Å². The van der Waals surface area contributed by atoms with E-state index in [0.717, 1.165) is 10.4 Å². The lowest BCUT2D eigenvalue weighted by molar-refractivity contribution is 0.0786. The predicted octanol–water partition coefficient (Wildman–Crippen LogP) is 4.12. The maximum atomic E-state index is 13.1. The molecule has 0 saturated carbocycles. The van der Waals surface area contributed by atoms with Crippen LogP contribution in [0, 0.1) is 5.82 Å². The van der Waals surface area contributed by atoms with E-state index in [9.17, 15) is 14.0 Å². The second-order valence-corrected chi connectivity index (χ2v) is 7.98. The molecule has 0 atom stereocenters. The van der Waals surface area contributed by atoms with Crippen molar-refractivity contribution < 1.29 is 9.18 Å². The smallest absolute Gasteiger partial charge is 0.268 e. The van der Waals surface area contributed by atoms with E-state index in [2.05, 4.69) is 9.97 Å². The van der Waals surface area contributed by atoms with Crippen LogP contribution in [-0.2, 0) is 6.54 Å². The lowest BCUT2D eigenvalue weighted by Crippen LogP contribution is -2.27. The molecule has 0 spiro atoms. The summed E-state index contributed by atoms with van der Waals surface area (Å²) in [5.74, 6) is -0.0195. The van der Waals surface area contributed by atoms with Crippen molar-refractivity contribution in [3.8, 4) is 10.4 Å². The van der Waals surface area contributed by atoms with Crippen LogP contribution in [0.4, 0.5) is 4.39 Å². The molecule has 1 aromatic carbocycles. The maximum absolute atomic E-state index is 13.1. The van der Waals surface area contributed by atoms with Gasteiger partial charge < -0.3 is 9.88 Å². The van der Waals surface area contributed by atoms with Crippen LogP contribution in [-0.4, -0.2) is 27.8 Å². The summed E-state index contributed by atoms with van der Waals surface area (Å²) in [5, 5.41) is 1.81. The van der Waals surface area contributed by atoms with Gasteiger partial charge in [0.15, 0.2) is 0 Å². The molecule has 1 N–H and O–H groups in total.